The molecule has 0 unspecified atom stereocenters. The SMILES string of the molecule is CC(C)(C)c1ccc([S-])c(-c2ccc(-c3cccc(-c4[c-]ccc(-c5c(-c6ccccc6)cccc5-c5ccccc5)c4)n3)[n-]2)c1.[Au+3]. The molecule has 5 aromatic carbocycles. The molecule has 0 aliphatic rings. The van der Waals surface area contributed by atoms with Crippen LogP contribution in [0.5, 0.6) is 0 Å². The zero-order chi connectivity index (χ0) is 31.7. The molecule has 0 radical (unpaired) electrons. The smallest absolute Gasteiger partial charge is 0.779 e. The van der Waals surface area contributed by atoms with Gasteiger partial charge in [-0.2, -0.15) is 4.90 Å². The Labute approximate surface area is 298 Å². The number of hydrogen-bond donors (Lipinski definition) is 0. The summed E-state index contributed by atoms with van der Waals surface area (Å²) in [5.41, 5.74) is 13.6. The van der Waals surface area contributed by atoms with Gasteiger partial charge in [0.25, 0.3) is 0 Å². The molecule has 2 nitrogen and oxygen atoms in total. The van der Waals surface area contributed by atoms with E-state index in [2.05, 4.69) is 130 Å². The van der Waals surface area contributed by atoms with Crippen molar-refractivity contribution in [1.29, 1.82) is 0 Å². The fourth-order valence-electron chi connectivity index (χ4n) is 5.93. The maximum absolute atomic E-state index is 5.70. The van der Waals surface area contributed by atoms with E-state index >= 15 is 0 Å². The van der Waals surface area contributed by atoms with Crippen LogP contribution < -0.4 is 4.98 Å². The molecule has 0 spiro atoms. The predicted octanol–water partition coefficient (Wildman–Crippen LogP) is 11.0. The number of aromatic nitrogens is 2. The predicted molar refractivity (Wildman–Crippen MR) is 193 cm³/mol. The molecule has 0 aliphatic heterocycles. The van der Waals surface area contributed by atoms with E-state index in [4.69, 9.17) is 22.6 Å². The van der Waals surface area contributed by atoms with Crippen LogP contribution in [0, 0.1) is 6.07 Å². The number of pyridine rings is 1. The third kappa shape index (κ3) is 6.81. The van der Waals surface area contributed by atoms with Crippen LogP contribution in [-0.4, -0.2) is 4.98 Å². The van der Waals surface area contributed by atoms with Crippen molar-refractivity contribution in [2.24, 2.45) is 0 Å². The third-order valence-electron chi connectivity index (χ3n) is 8.37. The van der Waals surface area contributed by atoms with E-state index in [-0.39, 0.29) is 27.8 Å². The number of benzene rings is 5. The van der Waals surface area contributed by atoms with E-state index < -0.39 is 0 Å². The van der Waals surface area contributed by atoms with Gasteiger partial charge in [-0.3, -0.25) is 4.98 Å². The number of hydrogen-bond acceptors (Lipinski definition) is 2. The maximum Gasteiger partial charge on any atom is 3.00 e. The van der Waals surface area contributed by atoms with Gasteiger partial charge in [0.1, 0.15) is 0 Å². The summed E-state index contributed by atoms with van der Waals surface area (Å²) in [6.45, 7) is 6.63. The van der Waals surface area contributed by atoms with Gasteiger partial charge in [-0.15, -0.1) is 41.2 Å². The van der Waals surface area contributed by atoms with Gasteiger partial charge in [-0.25, -0.2) is 0 Å². The molecule has 0 amide bonds. The first-order chi connectivity index (χ1) is 22.3. The van der Waals surface area contributed by atoms with E-state index in [1.807, 2.05) is 42.5 Å². The van der Waals surface area contributed by atoms with Crippen molar-refractivity contribution in [3.05, 3.63) is 157 Å². The Morgan fingerprint density at radius 2 is 1.19 bits per heavy atom. The van der Waals surface area contributed by atoms with Crippen molar-refractivity contribution in [3.8, 4) is 67.3 Å². The first kappa shape index (κ1) is 32.4. The summed E-state index contributed by atoms with van der Waals surface area (Å²) in [6, 6.07) is 54.0. The zero-order valence-electron chi connectivity index (χ0n) is 26.5. The molecule has 0 saturated heterocycles. The fraction of sp³-hybridized carbons (Fsp3) is 0.0930. The Kier molecular flexibility index (Phi) is 9.45. The second-order valence-electron chi connectivity index (χ2n) is 12.5. The summed E-state index contributed by atoms with van der Waals surface area (Å²) in [5, 5.41) is 0. The first-order valence-corrected chi connectivity index (χ1v) is 16.0. The van der Waals surface area contributed by atoms with Crippen LogP contribution in [-0.2, 0) is 40.4 Å². The van der Waals surface area contributed by atoms with Crippen molar-refractivity contribution in [3.63, 3.8) is 0 Å². The van der Waals surface area contributed by atoms with E-state index in [0.717, 1.165) is 44.4 Å². The van der Waals surface area contributed by atoms with Gasteiger partial charge in [0.15, 0.2) is 0 Å². The summed E-state index contributed by atoms with van der Waals surface area (Å²) >= 11 is 5.70. The van der Waals surface area contributed by atoms with Crippen LogP contribution >= 0.6 is 0 Å². The molecule has 0 atom stereocenters. The molecule has 0 aliphatic carbocycles. The molecule has 0 N–H and O–H groups in total. The molecule has 7 aromatic rings. The average molecular weight is 807 g/mol. The largest absolute Gasteiger partial charge is 3.00 e. The van der Waals surface area contributed by atoms with E-state index in [9.17, 15) is 0 Å². The minimum Gasteiger partial charge on any atom is -0.779 e. The molecule has 2 heterocycles. The van der Waals surface area contributed by atoms with Gasteiger partial charge in [-0.1, -0.05) is 153 Å². The van der Waals surface area contributed by atoms with E-state index in [0.29, 0.717) is 0 Å². The van der Waals surface area contributed by atoms with Gasteiger partial charge in [0.05, 0.1) is 0 Å². The van der Waals surface area contributed by atoms with Crippen molar-refractivity contribution >= 4 is 12.6 Å². The molecule has 0 bridgehead atoms. The molecular formula is C43H33AuN2S. The Morgan fingerprint density at radius 3 is 1.85 bits per heavy atom. The van der Waals surface area contributed by atoms with Crippen molar-refractivity contribution < 1.29 is 22.4 Å². The monoisotopic (exact) mass is 806 g/mol. The summed E-state index contributed by atoms with van der Waals surface area (Å²) in [5.74, 6) is 0. The van der Waals surface area contributed by atoms with Crippen LogP contribution in [0.15, 0.2) is 150 Å². The molecule has 47 heavy (non-hydrogen) atoms. The molecular weight excluding hydrogens is 774 g/mol. The summed E-state index contributed by atoms with van der Waals surface area (Å²) in [7, 11) is 0. The van der Waals surface area contributed by atoms with Crippen LogP contribution in [0.1, 0.15) is 26.3 Å². The summed E-state index contributed by atoms with van der Waals surface area (Å²) < 4.78 is 0. The second-order valence-corrected chi connectivity index (χ2v) is 13.0. The molecule has 2 aromatic heterocycles. The Hall–Kier alpha value is -4.51. The Morgan fingerprint density at radius 1 is 0.574 bits per heavy atom. The van der Waals surface area contributed by atoms with E-state index in [1.165, 1.54) is 33.4 Å². The molecule has 0 saturated carbocycles. The van der Waals surface area contributed by atoms with Crippen molar-refractivity contribution in [2.45, 2.75) is 31.1 Å². The summed E-state index contributed by atoms with van der Waals surface area (Å²) in [4.78, 5) is 10.9. The second kappa shape index (κ2) is 13.7. The van der Waals surface area contributed by atoms with Gasteiger partial charge in [0, 0.05) is 5.69 Å². The summed E-state index contributed by atoms with van der Waals surface area (Å²) in [6.07, 6.45) is 0. The van der Waals surface area contributed by atoms with E-state index in [1.54, 1.807) is 0 Å². The van der Waals surface area contributed by atoms with Crippen LogP contribution in [0.4, 0.5) is 0 Å². The minimum absolute atomic E-state index is 0. The van der Waals surface area contributed by atoms with Gasteiger partial charge in [0.2, 0.25) is 0 Å². The zero-order valence-corrected chi connectivity index (χ0v) is 29.4. The molecule has 7 rings (SSSR count). The molecule has 0 fully saturated rings. The Balaban J connectivity index is 0.00000386. The van der Waals surface area contributed by atoms with Crippen molar-refractivity contribution in [2.75, 3.05) is 0 Å². The average Bonchev–Trinajstić information content (AvgIpc) is 3.59. The standard InChI is InChI=1S/C43H34N2S.Au/c1-43(2,3)33-23-26-41(46)36(28-33)38-24-25-40(45-38)39-22-12-21-37(44-39)31-17-10-18-32(27-31)42-34(29-13-6-4-7-14-29)19-11-20-35(42)30-15-8-5-9-16-30;/h4-16,18-28H,1-3H3,(H-,44,45,46);/q-2;+3/p-1. The number of nitrogens with zero attached hydrogens (tertiary/aromatic N) is 2. The van der Waals surface area contributed by atoms with Crippen LogP contribution in [0.2, 0.25) is 0 Å². The quantitative estimate of drug-likeness (QED) is 0.0952. The fourth-order valence-corrected chi connectivity index (χ4v) is 6.16. The number of rotatable bonds is 6. The van der Waals surface area contributed by atoms with Crippen molar-refractivity contribution in [1.82, 2.24) is 9.97 Å². The molecule has 4 heteroatoms. The molecule has 232 valence electrons. The first-order valence-electron chi connectivity index (χ1n) is 15.5. The van der Waals surface area contributed by atoms with Crippen LogP contribution in [0.3, 0.4) is 0 Å². The normalized spacial score (nSPS) is 11.2. The van der Waals surface area contributed by atoms with Crippen LogP contribution in [0.25, 0.3) is 67.3 Å². The van der Waals surface area contributed by atoms with Gasteiger partial charge < -0.3 is 17.6 Å². The third-order valence-corrected chi connectivity index (χ3v) is 8.73. The van der Waals surface area contributed by atoms with Gasteiger partial charge in [-0.05, 0) is 50.6 Å². The topological polar surface area (TPSA) is 27.0 Å². The van der Waals surface area contributed by atoms with Gasteiger partial charge >= 0.3 is 22.4 Å². The maximum atomic E-state index is 5.70. The minimum atomic E-state index is 0. The Bertz CT molecular complexity index is 2090.